The minimum Gasteiger partial charge on any atom is -0.350 e. The molecule has 1 fully saturated rings. The first-order valence-corrected chi connectivity index (χ1v) is 5.46. The summed E-state index contributed by atoms with van der Waals surface area (Å²) in [5.41, 5.74) is 1.24. The van der Waals surface area contributed by atoms with Gasteiger partial charge in [0.05, 0.1) is 11.4 Å². The van der Waals surface area contributed by atoms with Crippen LogP contribution in [-0.4, -0.2) is 21.4 Å². The first-order chi connectivity index (χ1) is 7.37. The van der Waals surface area contributed by atoms with Crippen molar-refractivity contribution in [1.29, 1.82) is 0 Å². The highest BCUT2D eigenvalue weighted by atomic mass is 16.2. The van der Waals surface area contributed by atoms with Crippen LogP contribution < -0.4 is 5.32 Å². The van der Waals surface area contributed by atoms with Crippen molar-refractivity contribution in [3.8, 4) is 0 Å². The van der Waals surface area contributed by atoms with Gasteiger partial charge in [-0.3, -0.25) is 14.8 Å². The zero-order chi connectivity index (χ0) is 12.0. The van der Waals surface area contributed by atoms with Gasteiger partial charge in [0.1, 0.15) is 0 Å². The number of hydrogen-bond donors (Lipinski definition) is 1. The number of rotatable bonds is 1. The van der Waals surface area contributed by atoms with Crippen LogP contribution in [-0.2, 0) is 10.2 Å². The Labute approximate surface area is 95.5 Å². The van der Waals surface area contributed by atoms with Crippen molar-refractivity contribution in [3.05, 3.63) is 23.8 Å². The monoisotopic (exact) mass is 219 g/mol. The first-order valence-electron chi connectivity index (χ1n) is 5.46. The molecule has 1 aliphatic heterocycles. The molecular formula is C12H17N3O. The summed E-state index contributed by atoms with van der Waals surface area (Å²) in [6, 6.07) is 0. The minimum absolute atomic E-state index is 0.0811. The van der Waals surface area contributed by atoms with Crippen molar-refractivity contribution in [1.82, 2.24) is 15.3 Å². The van der Waals surface area contributed by atoms with Crippen molar-refractivity contribution in [3.63, 3.8) is 0 Å². The predicted molar refractivity (Wildman–Crippen MR) is 61.0 cm³/mol. The molecule has 0 saturated carbocycles. The molecule has 1 aromatic rings. The van der Waals surface area contributed by atoms with Crippen LogP contribution in [0.3, 0.4) is 0 Å². The lowest BCUT2D eigenvalue weighted by Gasteiger charge is -2.37. The number of nitrogens with one attached hydrogen (secondary N) is 1. The summed E-state index contributed by atoms with van der Waals surface area (Å²) in [4.78, 5) is 20.3. The van der Waals surface area contributed by atoms with Gasteiger partial charge >= 0.3 is 0 Å². The van der Waals surface area contributed by atoms with Crippen molar-refractivity contribution >= 4 is 5.91 Å². The normalized spacial score (nSPS) is 27.9. The lowest BCUT2D eigenvalue weighted by atomic mass is 9.71. The lowest BCUT2D eigenvalue weighted by Crippen LogP contribution is -2.49. The Balaban J connectivity index is 2.55. The maximum absolute atomic E-state index is 11.6. The molecule has 1 amide bonds. The second-order valence-corrected chi connectivity index (χ2v) is 5.17. The van der Waals surface area contributed by atoms with E-state index in [1.807, 2.05) is 20.8 Å². The van der Waals surface area contributed by atoms with E-state index in [4.69, 9.17) is 0 Å². The quantitative estimate of drug-likeness (QED) is 0.775. The Kier molecular flexibility index (Phi) is 2.26. The number of hydrogen-bond acceptors (Lipinski definition) is 3. The molecule has 16 heavy (non-hydrogen) atoms. The van der Waals surface area contributed by atoms with Gasteiger partial charge in [-0.25, -0.2) is 0 Å². The van der Waals surface area contributed by atoms with Crippen LogP contribution in [0.2, 0.25) is 0 Å². The highest BCUT2D eigenvalue weighted by molar-refractivity contribution is 5.82. The highest BCUT2D eigenvalue weighted by Crippen LogP contribution is 2.42. The van der Waals surface area contributed by atoms with Gasteiger partial charge in [-0.1, -0.05) is 6.92 Å². The number of carbonyl (C=O) groups excluding carboxylic acids is 1. The number of carbonyl (C=O) groups is 1. The zero-order valence-corrected chi connectivity index (χ0v) is 10.2. The molecule has 1 N–H and O–H groups in total. The van der Waals surface area contributed by atoms with Crippen molar-refractivity contribution in [2.24, 2.45) is 0 Å². The minimum atomic E-state index is -0.289. The summed E-state index contributed by atoms with van der Waals surface area (Å²) in [6.07, 6.45) is 3.84. The molecular weight excluding hydrogens is 202 g/mol. The lowest BCUT2D eigenvalue weighted by molar-refractivity contribution is -0.119. The van der Waals surface area contributed by atoms with Crippen LogP contribution in [0.15, 0.2) is 12.4 Å². The van der Waals surface area contributed by atoms with Gasteiger partial charge in [-0.15, -0.1) is 0 Å². The smallest absolute Gasteiger partial charge is 0.221 e. The number of aryl methyl sites for hydroxylation is 1. The van der Waals surface area contributed by atoms with Gasteiger partial charge < -0.3 is 5.32 Å². The molecule has 0 radical (unpaired) electrons. The van der Waals surface area contributed by atoms with E-state index in [9.17, 15) is 4.79 Å². The molecule has 1 atom stereocenters. The topological polar surface area (TPSA) is 54.9 Å². The summed E-state index contributed by atoms with van der Waals surface area (Å²) < 4.78 is 0. The largest absolute Gasteiger partial charge is 0.350 e. The number of amides is 1. The molecule has 1 saturated heterocycles. The fourth-order valence-corrected chi connectivity index (χ4v) is 2.40. The molecule has 0 bridgehead atoms. The highest BCUT2D eigenvalue weighted by Gasteiger charge is 2.51. The Hall–Kier alpha value is -1.45. The van der Waals surface area contributed by atoms with Gasteiger partial charge in [-0.2, -0.15) is 0 Å². The summed E-state index contributed by atoms with van der Waals surface area (Å²) in [5.74, 6) is 0.0811. The third-order valence-corrected chi connectivity index (χ3v) is 3.75. The average molecular weight is 219 g/mol. The van der Waals surface area contributed by atoms with Crippen LogP contribution in [0.4, 0.5) is 0 Å². The Bertz CT molecular complexity index is 442. The Morgan fingerprint density at radius 2 is 1.88 bits per heavy atom. The average Bonchev–Trinajstić information content (AvgIpc) is 2.36. The van der Waals surface area contributed by atoms with Crippen LogP contribution in [0.5, 0.6) is 0 Å². The predicted octanol–water partition coefficient (Wildman–Crippen LogP) is 1.34. The molecule has 0 spiro atoms. The van der Waals surface area contributed by atoms with E-state index in [1.54, 1.807) is 12.4 Å². The van der Waals surface area contributed by atoms with E-state index in [1.165, 1.54) is 0 Å². The van der Waals surface area contributed by atoms with Crippen LogP contribution >= 0.6 is 0 Å². The molecule has 1 aromatic heterocycles. The molecule has 0 aliphatic carbocycles. The fraction of sp³-hybridized carbons (Fsp3) is 0.583. The molecule has 0 aromatic carbocycles. The zero-order valence-electron chi connectivity index (χ0n) is 10.2. The third-order valence-electron chi connectivity index (χ3n) is 3.75. The Morgan fingerprint density at radius 1 is 1.25 bits per heavy atom. The van der Waals surface area contributed by atoms with Crippen molar-refractivity contribution in [2.75, 3.05) is 0 Å². The molecule has 4 heteroatoms. The van der Waals surface area contributed by atoms with Crippen LogP contribution in [0.25, 0.3) is 0 Å². The van der Waals surface area contributed by atoms with E-state index < -0.39 is 0 Å². The van der Waals surface area contributed by atoms with Crippen LogP contribution in [0.1, 0.15) is 38.6 Å². The third kappa shape index (κ3) is 1.40. The van der Waals surface area contributed by atoms with E-state index in [2.05, 4.69) is 22.2 Å². The second-order valence-electron chi connectivity index (χ2n) is 5.17. The van der Waals surface area contributed by atoms with Crippen LogP contribution in [0, 0.1) is 6.92 Å². The van der Waals surface area contributed by atoms with E-state index in [0.717, 1.165) is 11.4 Å². The van der Waals surface area contributed by atoms with E-state index in [-0.39, 0.29) is 16.9 Å². The maximum atomic E-state index is 11.6. The van der Waals surface area contributed by atoms with E-state index >= 15 is 0 Å². The van der Waals surface area contributed by atoms with Gasteiger partial charge in [0, 0.05) is 29.8 Å². The summed E-state index contributed by atoms with van der Waals surface area (Å²) in [6.45, 7) is 8.08. The fourth-order valence-electron chi connectivity index (χ4n) is 2.40. The standard InChI is InChI=1S/C12H17N3O/c1-8-10(14-6-5-13-8)12(4)7-9(16)15-11(12,2)3/h5-6H,7H2,1-4H3,(H,15,16). The summed E-state index contributed by atoms with van der Waals surface area (Å²) in [5, 5.41) is 3.00. The van der Waals surface area contributed by atoms with Gasteiger partial charge in [-0.05, 0) is 20.8 Å². The van der Waals surface area contributed by atoms with E-state index in [0.29, 0.717) is 6.42 Å². The summed E-state index contributed by atoms with van der Waals surface area (Å²) in [7, 11) is 0. The maximum Gasteiger partial charge on any atom is 0.221 e. The molecule has 1 aliphatic rings. The van der Waals surface area contributed by atoms with Gasteiger partial charge in [0.2, 0.25) is 5.91 Å². The summed E-state index contributed by atoms with van der Waals surface area (Å²) >= 11 is 0. The van der Waals surface area contributed by atoms with Crippen molar-refractivity contribution in [2.45, 2.75) is 45.1 Å². The first kappa shape index (κ1) is 11.0. The molecule has 1 unspecified atom stereocenters. The SMILES string of the molecule is Cc1nccnc1C1(C)CC(=O)NC1(C)C. The molecule has 4 nitrogen and oxygen atoms in total. The van der Waals surface area contributed by atoms with Gasteiger partial charge in [0.15, 0.2) is 0 Å². The van der Waals surface area contributed by atoms with Gasteiger partial charge in [0.25, 0.3) is 0 Å². The Morgan fingerprint density at radius 3 is 2.38 bits per heavy atom. The molecule has 2 rings (SSSR count). The molecule has 2 heterocycles. The second kappa shape index (κ2) is 3.27. The number of nitrogens with zero attached hydrogens (tertiary/aromatic N) is 2. The van der Waals surface area contributed by atoms with Crippen molar-refractivity contribution < 1.29 is 4.79 Å². The molecule has 86 valence electrons. The number of aromatic nitrogens is 2.